The lowest BCUT2D eigenvalue weighted by molar-refractivity contribution is 0.0533. The summed E-state index contributed by atoms with van der Waals surface area (Å²) < 4.78 is 5.73. The first-order valence-electron chi connectivity index (χ1n) is 3.37. The van der Waals surface area contributed by atoms with Gasteiger partial charge in [0.25, 0.3) is 0 Å². The van der Waals surface area contributed by atoms with Crippen LogP contribution in [0.1, 0.15) is 15.9 Å². The molecule has 4 heteroatoms. The van der Waals surface area contributed by atoms with Crippen molar-refractivity contribution in [1.29, 1.82) is 0 Å². The summed E-state index contributed by atoms with van der Waals surface area (Å²) >= 11 is 2.11. The number of fused-ring (bicyclic) bond motifs is 1. The van der Waals surface area contributed by atoms with Crippen LogP contribution in [0, 0.1) is 3.57 Å². The van der Waals surface area contributed by atoms with Crippen LogP contribution in [0.3, 0.4) is 0 Å². The van der Waals surface area contributed by atoms with E-state index in [1.165, 1.54) is 6.07 Å². The fourth-order valence-corrected chi connectivity index (χ4v) is 1.79. The second-order valence-corrected chi connectivity index (χ2v) is 3.66. The van der Waals surface area contributed by atoms with E-state index in [0.29, 0.717) is 5.56 Å². The molecule has 0 aromatic heterocycles. The Bertz CT molecular complexity index is 360. The van der Waals surface area contributed by atoms with Gasteiger partial charge in [-0.05, 0) is 34.7 Å². The quantitative estimate of drug-likeness (QED) is 0.579. The Morgan fingerprint density at radius 1 is 1.50 bits per heavy atom. The largest absolute Gasteiger partial charge is 0.507 e. The highest BCUT2D eigenvalue weighted by Gasteiger charge is 2.26. The monoisotopic (exact) mass is 276 g/mol. The minimum Gasteiger partial charge on any atom is -0.507 e. The Kier molecular flexibility index (Phi) is 1.71. The van der Waals surface area contributed by atoms with Crippen LogP contribution in [0.15, 0.2) is 12.1 Å². The average Bonchev–Trinajstić information content (AvgIpc) is 2.42. The van der Waals surface area contributed by atoms with Crippen molar-refractivity contribution in [2.75, 3.05) is 0 Å². The van der Waals surface area contributed by atoms with Gasteiger partial charge in [0, 0.05) is 9.13 Å². The van der Waals surface area contributed by atoms with Crippen LogP contribution < -0.4 is 0 Å². The van der Waals surface area contributed by atoms with Gasteiger partial charge in [0.2, 0.25) is 0 Å². The number of aromatic hydroxyl groups is 1. The van der Waals surface area contributed by atoms with Gasteiger partial charge >= 0.3 is 5.97 Å². The molecule has 2 rings (SSSR count). The maximum Gasteiger partial charge on any atom is 0.342 e. The lowest BCUT2D eigenvalue weighted by Gasteiger charge is -1.99. The summed E-state index contributed by atoms with van der Waals surface area (Å²) in [5, 5.41) is 9.32. The van der Waals surface area contributed by atoms with Gasteiger partial charge in [0.15, 0.2) is 0 Å². The zero-order valence-corrected chi connectivity index (χ0v) is 8.16. The van der Waals surface area contributed by atoms with E-state index in [9.17, 15) is 9.90 Å². The van der Waals surface area contributed by atoms with E-state index in [1.807, 2.05) is 0 Å². The number of carbonyl (C=O) groups is 1. The van der Waals surface area contributed by atoms with Crippen LogP contribution in [0.2, 0.25) is 0 Å². The van der Waals surface area contributed by atoms with Crippen LogP contribution in [-0.4, -0.2) is 11.1 Å². The number of ether oxygens (including phenoxy) is 1. The lowest BCUT2D eigenvalue weighted by atomic mass is 10.1. The Morgan fingerprint density at radius 2 is 2.25 bits per heavy atom. The number of phenolic OH excluding ortho intramolecular Hbond substituents is 1. The van der Waals surface area contributed by atoms with E-state index in [0.717, 1.165) is 9.13 Å². The first-order valence-corrected chi connectivity index (χ1v) is 4.45. The smallest absolute Gasteiger partial charge is 0.342 e. The zero-order chi connectivity index (χ0) is 8.72. The van der Waals surface area contributed by atoms with Crippen molar-refractivity contribution in [3.63, 3.8) is 0 Å². The van der Waals surface area contributed by atoms with Gasteiger partial charge in [-0.1, -0.05) is 0 Å². The molecule has 0 bridgehead atoms. The number of carbonyl (C=O) groups excluding carboxylic acids is 1. The molecule has 1 aliphatic rings. The molecule has 0 saturated heterocycles. The highest BCUT2D eigenvalue weighted by molar-refractivity contribution is 14.1. The molecule has 0 unspecified atom stereocenters. The van der Waals surface area contributed by atoms with E-state index in [1.54, 1.807) is 6.07 Å². The van der Waals surface area contributed by atoms with Gasteiger partial charge in [-0.3, -0.25) is 0 Å². The van der Waals surface area contributed by atoms with Gasteiger partial charge in [-0.2, -0.15) is 0 Å². The molecule has 12 heavy (non-hydrogen) atoms. The normalized spacial score (nSPS) is 14.2. The predicted octanol–water partition coefficient (Wildman–Crippen LogP) is 1.67. The number of hydrogen-bond acceptors (Lipinski definition) is 3. The standard InChI is InChI=1S/C8H5IO3/c9-5-1-2-6(10)7-4(5)3-12-8(7)11/h1-2,10H,3H2. The summed E-state index contributed by atoms with van der Waals surface area (Å²) in [4.78, 5) is 11.1. The molecule has 1 aliphatic heterocycles. The SMILES string of the molecule is O=C1OCc2c(I)ccc(O)c21. The van der Waals surface area contributed by atoms with E-state index in [-0.39, 0.29) is 12.4 Å². The Balaban J connectivity index is 2.72. The maximum absolute atomic E-state index is 11.1. The topological polar surface area (TPSA) is 46.5 Å². The Labute approximate surface area is 82.5 Å². The maximum atomic E-state index is 11.1. The van der Waals surface area contributed by atoms with E-state index in [2.05, 4.69) is 22.6 Å². The molecule has 1 aromatic rings. The molecule has 0 saturated carbocycles. The zero-order valence-electron chi connectivity index (χ0n) is 6.00. The number of rotatable bonds is 0. The molecule has 1 N–H and O–H groups in total. The highest BCUT2D eigenvalue weighted by atomic mass is 127. The molecule has 62 valence electrons. The fourth-order valence-electron chi connectivity index (χ4n) is 1.19. The number of benzene rings is 1. The van der Waals surface area contributed by atoms with Crippen LogP contribution in [-0.2, 0) is 11.3 Å². The van der Waals surface area contributed by atoms with Crippen molar-refractivity contribution >= 4 is 28.6 Å². The predicted molar refractivity (Wildman–Crippen MR) is 49.9 cm³/mol. The first kappa shape index (κ1) is 7.85. The van der Waals surface area contributed by atoms with Gasteiger partial charge < -0.3 is 9.84 Å². The van der Waals surface area contributed by atoms with Crippen molar-refractivity contribution in [2.24, 2.45) is 0 Å². The second-order valence-electron chi connectivity index (χ2n) is 2.50. The van der Waals surface area contributed by atoms with Crippen LogP contribution in [0.25, 0.3) is 0 Å². The molecule has 0 fully saturated rings. The van der Waals surface area contributed by atoms with Crippen molar-refractivity contribution in [3.8, 4) is 5.75 Å². The minimum atomic E-state index is -0.430. The number of hydrogen-bond donors (Lipinski definition) is 1. The number of halogens is 1. The number of phenols is 1. The molecule has 0 amide bonds. The highest BCUT2D eigenvalue weighted by Crippen LogP contribution is 2.31. The van der Waals surface area contributed by atoms with Crippen molar-refractivity contribution in [1.82, 2.24) is 0 Å². The van der Waals surface area contributed by atoms with E-state index >= 15 is 0 Å². The summed E-state index contributed by atoms with van der Waals surface area (Å²) in [6, 6.07) is 3.27. The van der Waals surface area contributed by atoms with E-state index < -0.39 is 5.97 Å². The summed E-state index contributed by atoms with van der Waals surface area (Å²) in [5.74, 6) is -0.422. The number of cyclic esters (lactones) is 1. The minimum absolute atomic E-state index is 0.00733. The molecule has 0 aliphatic carbocycles. The first-order chi connectivity index (χ1) is 5.70. The van der Waals surface area contributed by atoms with Crippen LogP contribution in [0.5, 0.6) is 5.75 Å². The third-order valence-electron chi connectivity index (χ3n) is 1.79. The van der Waals surface area contributed by atoms with Crippen molar-refractivity contribution < 1.29 is 14.6 Å². The molecule has 3 nitrogen and oxygen atoms in total. The van der Waals surface area contributed by atoms with Crippen LogP contribution >= 0.6 is 22.6 Å². The molecule has 1 aromatic carbocycles. The molecular formula is C8H5IO3. The van der Waals surface area contributed by atoms with Crippen molar-refractivity contribution in [3.05, 3.63) is 26.8 Å². The molecule has 1 heterocycles. The summed E-state index contributed by atoms with van der Waals surface area (Å²) in [6.07, 6.45) is 0. The summed E-state index contributed by atoms with van der Waals surface area (Å²) in [7, 11) is 0. The second kappa shape index (κ2) is 2.62. The molecule has 0 atom stereocenters. The summed E-state index contributed by atoms with van der Waals surface area (Å²) in [6.45, 7) is 0.279. The average molecular weight is 276 g/mol. The Hall–Kier alpha value is -0.780. The third-order valence-corrected chi connectivity index (χ3v) is 2.80. The van der Waals surface area contributed by atoms with Gasteiger partial charge in [-0.25, -0.2) is 4.79 Å². The molecule has 0 spiro atoms. The molecular weight excluding hydrogens is 271 g/mol. The van der Waals surface area contributed by atoms with Gasteiger partial charge in [0.05, 0.1) is 0 Å². The lowest BCUT2D eigenvalue weighted by Crippen LogP contribution is -1.94. The van der Waals surface area contributed by atoms with Crippen LogP contribution in [0.4, 0.5) is 0 Å². The fraction of sp³-hybridized carbons (Fsp3) is 0.125. The summed E-state index contributed by atoms with van der Waals surface area (Å²) in [5.41, 5.74) is 1.11. The van der Waals surface area contributed by atoms with Gasteiger partial charge in [-0.15, -0.1) is 0 Å². The van der Waals surface area contributed by atoms with Gasteiger partial charge in [0.1, 0.15) is 17.9 Å². The third kappa shape index (κ3) is 0.979. The van der Waals surface area contributed by atoms with E-state index in [4.69, 9.17) is 4.74 Å². The number of esters is 1. The molecule has 0 radical (unpaired) electrons. The van der Waals surface area contributed by atoms with Crippen molar-refractivity contribution in [2.45, 2.75) is 6.61 Å². The Morgan fingerprint density at radius 3 is 2.92 bits per heavy atom.